The molecule has 0 heterocycles. The average molecular weight is 342 g/mol. The van der Waals surface area contributed by atoms with E-state index in [4.69, 9.17) is 10.00 Å². The number of rotatable bonds is 5. The highest BCUT2D eigenvalue weighted by Gasteiger charge is 2.10. The van der Waals surface area contributed by atoms with E-state index < -0.39 is 0 Å². The van der Waals surface area contributed by atoms with Crippen molar-refractivity contribution in [2.24, 2.45) is 0 Å². The van der Waals surface area contributed by atoms with E-state index in [9.17, 15) is 4.79 Å². The molecule has 3 aromatic carbocycles. The number of benzene rings is 3. The lowest BCUT2D eigenvalue weighted by atomic mass is 10.0. The average Bonchev–Trinajstić information content (AvgIpc) is 2.69. The van der Waals surface area contributed by atoms with Crippen LogP contribution in [0.15, 0.2) is 72.8 Å². The van der Waals surface area contributed by atoms with E-state index in [2.05, 4.69) is 17.4 Å². The van der Waals surface area contributed by atoms with Crippen LogP contribution in [0.5, 0.6) is 5.75 Å². The van der Waals surface area contributed by atoms with E-state index in [1.54, 1.807) is 37.4 Å². The van der Waals surface area contributed by atoms with Gasteiger partial charge in [-0.3, -0.25) is 4.79 Å². The van der Waals surface area contributed by atoms with Crippen molar-refractivity contribution in [1.82, 2.24) is 0 Å². The fourth-order valence-corrected chi connectivity index (χ4v) is 2.74. The standard InChI is InChI=1S/C22H18N2O2/c1-26-21-11-10-20(14-19(21)12-16-6-3-2-4-7-16)24-22(25)18-9-5-8-17(13-18)15-23/h2-11,13-14H,12H2,1H3,(H,24,25). The van der Waals surface area contributed by atoms with E-state index in [1.807, 2.05) is 36.4 Å². The Morgan fingerprint density at radius 3 is 2.58 bits per heavy atom. The zero-order valence-electron chi connectivity index (χ0n) is 14.4. The number of nitriles is 1. The first kappa shape index (κ1) is 17.2. The summed E-state index contributed by atoms with van der Waals surface area (Å²) in [6.45, 7) is 0. The van der Waals surface area contributed by atoms with E-state index in [0.29, 0.717) is 23.2 Å². The highest BCUT2D eigenvalue weighted by molar-refractivity contribution is 6.04. The number of anilines is 1. The lowest BCUT2D eigenvalue weighted by Crippen LogP contribution is -2.12. The molecule has 128 valence electrons. The molecule has 0 spiro atoms. The molecule has 3 aromatic rings. The molecule has 1 amide bonds. The number of carbonyl (C=O) groups excluding carboxylic acids is 1. The van der Waals surface area contributed by atoms with Crippen LogP contribution in [-0.2, 0) is 6.42 Å². The van der Waals surface area contributed by atoms with Crippen LogP contribution < -0.4 is 10.1 Å². The summed E-state index contributed by atoms with van der Waals surface area (Å²) in [5, 5.41) is 11.9. The number of ether oxygens (including phenoxy) is 1. The van der Waals surface area contributed by atoms with E-state index in [0.717, 1.165) is 16.9 Å². The van der Waals surface area contributed by atoms with Crippen LogP contribution in [0.25, 0.3) is 0 Å². The molecule has 0 aliphatic carbocycles. The number of nitrogens with zero attached hydrogens (tertiary/aromatic N) is 1. The first-order valence-corrected chi connectivity index (χ1v) is 8.22. The van der Waals surface area contributed by atoms with Crippen molar-refractivity contribution in [3.8, 4) is 11.8 Å². The van der Waals surface area contributed by atoms with Crippen molar-refractivity contribution in [1.29, 1.82) is 5.26 Å². The van der Waals surface area contributed by atoms with Crippen LogP contribution in [0.1, 0.15) is 27.0 Å². The molecule has 0 radical (unpaired) electrons. The summed E-state index contributed by atoms with van der Waals surface area (Å²) in [5.41, 5.74) is 3.74. The second-order valence-corrected chi connectivity index (χ2v) is 5.84. The van der Waals surface area contributed by atoms with Crippen molar-refractivity contribution < 1.29 is 9.53 Å². The molecule has 0 aliphatic heterocycles. The van der Waals surface area contributed by atoms with Crippen LogP contribution in [0.4, 0.5) is 5.69 Å². The summed E-state index contributed by atoms with van der Waals surface area (Å²) in [6.07, 6.45) is 0.706. The SMILES string of the molecule is COc1ccc(NC(=O)c2cccc(C#N)c2)cc1Cc1ccccc1. The third-order valence-electron chi connectivity index (χ3n) is 4.03. The molecule has 0 aliphatic rings. The predicted molar refractivity (Wildman–Crippen MR) is 101 cm³/mol. The Kier molecular flexibility index (Phi) is 5.31. The van der Waals surface area contributed by atoms with Gasteiger partial charge in [-0.25, -0.2) is 0 Å². The van der Waals surface area contributed by atoms with E-state index in [1.165, 1.54) is 0 Å². The fourth-order valence-electron chi connectivity index (χ4n) is 2.74. The van der Waals surface area contributed by atoms with Gasteiger partial charge in [-0.15, -0.1) is 0 Å². The van der Waals surface area contributed by atoms with Gasteiger partial charge < -0.3 is 10.1 Å². The summed E-state index contributed by atoms with van der Waals surface area (Å²) in [6, 6.07) is 24.3. The number of nitrogens with one attached hydrogen (secondary N) is 1. The van der Waals surface area contributed by atoms with E-state index >= 15 is 0 Å². The molecule has 1 N–H and O–H groups in total. The molecule has 0 fully saturated rings. The second kappa shape index (κ2) is 8.00. The maximum Gasteiger partial charge on any atom is 0.255 e. The fraction of sp³-hybridized carbons (Fsp3) is 0.0909. The first-order valence-electron chi connectivity index (χ1n) is 8.22. The number of methoxy groups -OCH3 is 1. The zero-order valence-corrected chi connectivity index (χ0v) is 14.4. The number of hydrogen-bond donors (Lipinski definition) is 1. The van der Waals surface area contributed by atoms with Crippen LogP contribution in [0.2, 0.25) is 0 Å². The maximum absolute atomic E-state index is 12.5. The molecule has 0 unspecified atom stereocenters. The number of amides is 1. The van der Waals surface area contributed by atoms with Gasteiger partial charge in [0.15, 0.2) is 0 Å². The zero-order chi connectivity index (χ0) is 18.4. The molecule has 3 rings (SSSR count). The molecule has 0 bridgehead atoms. The van der Waals surface area contributed by atoms with Gasteiger partial charge in [0.25, 0.3) is 5.91 Å². The molecule has 0 saturated carbocycles. The molecular formula is C22H18N2O2. The minimum Gasteiger partial charge on any atom is -0.496 e. The second-order valence-electron chi connectivity index (χ2n) is 5.84. The largest absolute Gasteiger partial charge is 0.496 e. The predicted octanol–water partition coefficient (Wildman–Crippen LogP) is 4.41. The van der Waals surface area contributed by atoms with Crippen LogP contribution in [0.3, 0.4) is 0 Å². The Labute approximate surface area is 152 Å². The summed E-state index contributed by atoms with van der Waals surface area (Å²) in [5.74, 6) is 0.524. The maximum atomic E-state index is 12.5. The van der Waals surface area contributed by atoms with Crippen LogP contribution >= 0.6 is 0 Å². The van der Waals surface area contributed by atoms with Crippen molar-refractivity contribution in [2.75, 3.05) is 12.4 Å². The summed E-state index contributed by atoms with van der Waals surface area (Å²) >= 11 is 0. The van der Waals surface area contributed by atoms with Crippen molar-refractivity contribution in [3.63, 3.8) is 0 Å². The number of hydrogen-bond acceptors (Lipinski definition) is 3. The Hall–Kier alpha value is -3.58. The van der Waals surface area contributed by atoms with Crippen LogP contribution in [-0.4, -0.2) is 13.0 Å². The van der Waals surface area contributed by atoms with E-state index in [-0.39, 0.29) is 5.91 Å². The first-order chi connectivity index (χ1) is 12.7. The Morgan fingerprint density at radius 1 is 1.04 bits per heavy atom. The monoisotopic (exact) mass is 342 g/mol. The van der Waals surface area contributed by atoms with Gasteiger partial charge in [-0.1, -0.05) is 36.4 Å². The normalized spacial score (nSPS) is 10.0. The molecule has 0 aromatic heterocycles. The Balaban J connectivity index is 1.83. The van der Waals surface area contributed by atoms with Crippen molar-refractivity contribution in [3.05, 3.63) is 95.1 Å². The quantitative estimate of drug-likeness (QED) is 0.747. The summed E-state index contributed by atoms with van der Waals surface area (Å²) in [4.78, 5) is 12.5. The van der Waals surface area contributed by atoms with Gasteiger partial charge in [-0.05, 0) is 42.0 Å². The van der Waals surface area contributed by atoms with Gasteiger partial charge in [0, 0.05) is 23.2 Å². The Bertz CT molecular complexity index is 959. The molecule has 4 heteroatoms. The van der Waals surface area contributed by atoms with Gasteiger partial charge >= 0.3 is 0 Å². The third kappa shape index (κ3) is 4.08. The van der Waals surface area contributed by atoms with Crippen molar-refractivity contribution in [2.45, 2.75) is 6.42 Å². The summed E-state index contributed by atoms with van der Waals surface area (Å²) in [7, 11) is 1.63. The minimum absolute atomic E-state index is 0.252. The van der Waals surface area contributed by atoms with Gasteiger partial charge in [-0.2, -0.15) is 5.26 Å². The lowest BCUT2D eigenvalue weighted by Gasteiger charge is -2.12. The molecule has 0 atom stereocenters. The third-order valence-corrected chi connectivity index (χ3v) is 4.03. The highest BCUT2D eigenvalue weighted by Crippen LogP contribution is 2.25. The molecular weight excluding hydrogens is 324 g/mol. The Morgan fingerprint density at radius 2 is 1.85 bits per heavy atom. The smallest absolute Gasteiger partial charge is 0.255 e. The van der Waals surface area contributed by atoms with Crippen molar-refractivity contribution >= 4 is 11.6 Å². The molecule has 4 nitrogen and oxygen atoms in total. The summed E-state index contributed by atoms with van der Waals surface area (Å²) < 4.78 is 5.44. The minimum atomic E-state index is -0.252. The number of carbonyl (C=O) groups is 1. The van der Waals surface area contributed by atoms with Gasteiger partial charge in [0.2, 0.25) is 0 Å². The molecule has 26 heavy (non-hydrogen) atoms. The molecule has 0 saturated heterocycles. The highest BCUT2D eigenvalue weighted by atomic mass is 16.5. The lowest BCUT2D eigenvalue weighted by molar-refractivity contribution is 0.102. The van der Waals surface area contributed by atoms with Gasteiger partial charge in [0.1, 0.15) is 5.75 Å². The topological polar surface area (TPSA) is 62.1 Å². The van der Waals surface area contributed by atoms with Crippen LogP contribution in [0, 0.1) is 11.3 Å². The van der Waals surface area contributed by atoms with Gasteiger partial charge in [0.05, 0.1) is 18.7 Å².